The first-order valence-electron chi connectivity index (χ1n) is 31.9. The molecule has 0 unspecified atom stereocenters. The number of para-hydroxylation sites is 1. The number of carbonyl (C=O) groups is 9. The van der Waals surface area contributed by atoms with Crippen LogP contribution in [-0.2, 0) is 56.0 Å². The number of benzene rings is 3. The predicted octanol–water partition coefficient (Wildman–Crippen LogP) is -2.49. The van der Waals surface area contributed by atoms with E-state index in [0.717, 1.165) is 12.0 Å². The van der Waals surface area contributed by atoms with Gasteiger partial charge in [0.2, 0.25) is 52.9 Å². The number of aliphatic carboxylic acids is 1. The maximum absolute atomic E-state index is 14.1. The number of nitrogens with two attached hydrogens (primary N) is 5. The van der Waals surface area contributed by atoms with Gasteiger partial charge in [0.1, 0.15) is 53.9 Å². The summed E-state index contributed by atoms with van der Waals surface area (Å²) in [5.74, 6) is -5.83. The second kappa shape index (κ2) is 36.2. The largest absolute Gasteiger partial charge is 0.493 e. The smallest absolute Gasteiger partial charge is 0.326 e. The Hall–Kier alpha value is -10.6. The van der Waals surface area contributed by atoms with Crippen molar-refractivity contribution >= 4 is 76.3 Å². The quantitative estimate of drug-likeness (QED) is 0.0124. The maximum Gasteiger partial charge on any atom is 0.326 e. The summed E-state index contributed by atoms with van der Waals surface area (Å²) in [5.41, 5.74) is 29.8. The number of aliphatic hydroxyl groups excluding tert-OH is 1. The molecule has 5 aromatic rings. The lowest BCUT2D eigenvalue weighted by atomic mass is 10.0. The van der Waals surface area contributed by atoms with E-state index in [9.17, 15) is 58.2 Å². The van der Waals surface area contributed by atoms with E-state index in [1.807, 2.05) is 31.2 Å². The van der Waals surface area contributed by atoms with Gasteiger partial charge in [-0.05, 0) is 93.9 Å². The second-order valence-corrected chi connectivity index (χ2v) is 23.2. The summed E-state index contributed by atoms with van der Waals surface area (Å²) in [6.45, 7) is 2.19. The van der Waals surface area contributed by atoms with Crippen LogP contribution in [0.1, 0.15) is 88.7 Å². The molecule has 3 aromatic carbocycles. The maximum atomic E-state index is 14.1. The van der Waals surface area contributed by atoms with Crippen LogP contribution in [0.3, 0.4) is 0 Å². The van der Waals surface area contributed by atoms with Crippen molar-refractivity contribution in [3.63, 3.8) is 0 Å². The molecule has 19 N–H and O–H groups in total. The van der Waals surface area contributed by atoms with Crippen LogP contribution in [0.5, 0.6) is 5.75 Å². The molecule has 2 aromatic heterocycles. The van der Waals surface area contributed by atoms with E-state index in [-0.39, 0.29) is 86.3 Å². The van der Waals surface area contributed by atoms with Gasteiger partial charge in [-0.2, -0.15) is 5.21 Å². The van der Waals surface area contributed by atoms with Crippen molar-refractivity contribution in [3.05, 3.63) is 106 Å². The molecule has 8 amide bonds. The Morgan fingerprint density at radius 3 is 1.79 bits per heavy atom. The van der Waals surface area contributed by atoms with Crippen LogP contribution in [0.25, 0.3) is 22.6 Å². The van der Waals surface area contributed by atoms with Crippen molar-refractivity contribution in [1.82, 2.24) is 66.7 Å². The monoisotopic (exact) mass is 1330 g/mol. The van der Waals surface area contributed by atoms with Gasteiger partial charge in [0.05, 0.1) is 31.4 Å². The van der Waals surface area contributed by atoms with E-state index >= 15 is 0 Å². The first-order chi connectivity index (χ1) is 46.2. The zero-order valence-electron chi connectivity index (χ0n) is 53.4. The number of hydrogen-bond donors (Lipinski definition) is 14. The third-order valence-electron chi connectivity index (χ3n) is 16.2. The van der Waals surface area contributed by atoms with Gasteiger partial charge in [0, 0.05) is 45.6 Å². The summed E-state index contributed by atoms with van der Waals surface area (Å²) >= 11 is 0. The Bertz CT molecular complexity index is 3600. The van der Waals surface area contributed by atoms with Crippen LogP contribution in [-0.4, -0.2) is 216 Å². The molecule has 3 aliphatic heterocycles. The Labute approximate surface area is 552 Å². The molecule has 33 nitrogen and oxygen atoms in total. The highest BCUT2D eigenvalue weighted by Crippen LogP contribution is 2.28. The number of aromatic nitrogens is 5. The van der Waals surface area contributed by atoms with Gasteiger partial charge >= 0.3 is 5.97 Å². The van der Waals surface area contributed by atoms with Crippen molar-refractivity contribution in [2.24, 2.45) is 38.7 Å². The van der Waals surface area contributed by atoms with Crippen LogP contribution in [0.4, 0.5) is 0 Å². The number of rotatable bonds is 31. The summed E-state index contributed by atoms with van der Waals surface area (Å²) in [6.07, 6.45) is 4.03. The molecular formula is C63H86N20O13. The highest BCUT2D eigenvalue weighted by molar-refractivity contribution is 5.98. The number of aliphatic hydroxyl groups is 1. The van der Waals surface area contributed by atoms with Gasteiger partial charge in [-0.3, -0.25) is 53.1 Å². The first-order valence-corrected chi connectivity index (χ1v) is 31.9. The number of fused-ring (bicyclic) bond motifs is 1. The first kappa shape index (κ1) is 72.8. The molecule has 8 rings (SSSR count). The fourth-order valence-electron chi connectivity index (χ4n) is 11.4. The van der Waals surface area contributed by atoms with Crippen LogP contribution >= 0.6 is 0 Å². The van der Waals surface area contributed by atoms with Gasteiger partial charge in [-0.25, -0.2) is 9.78 Å². The second-order valence-electron chi connectivity index (χ2n) is 23.2. The van der Waals surface area contributed by atoms with Gasteiger partial charge in [0.15, 0.2) is 17.4 Å². The Morgan fingerprint density at radius 1 is 0.656 bits per heavy atom. The van der Waals surface area contributed by atoms with Crippen LogP contribution in [0, 0.1) is 0 Å². The number of hydrogen-bond acceptors (Lipinski definition) is 18. The van der Waals surface area contributed by atoms with E-state index in [1.165, 1.54) is 14.7 Å². The molecule has 0 spiro atoms. The third-order valence-corrected chi connectivity index (χ3v) is 16.2. The average Bonchev–Trinajstić information content (AvgIpc) is 1.57. The number of ether oxygens (including phenoxy) is 1. The van der Waals surface area contributed by atoms with E-state index < -0.39 is 109 Å². The van der Waals surface area contributed by atoms with E-state index in [4.69, 9.17) is 33.4 Å². The number of nitrogens with zero attached hydrogens (tertiary/aromatic N) is 8. The average molecular weight is 1330 g/mol. The van der Waals surface area contributed by atoms with Crippen molar-refractivity contribution < 1.29 is 58.1 Å². The van der Waals surface area contributed by atoms with Gasteiger partial charge in [0.25, 0.3) is 5.56 Å². The molecule has 96 heavy (non-hydrogen) atoms. The molecular weight excluding hydrogens is 1240 g/mol. The fourth-order valence-corrected chi connectivity index (χ4v) is 11.4. The van der Waals surface area contributed by atoms with E-state index in [0.29, 0.717) is 87.3 Å². The highest BCUT2D eigenvalue weighted by atomic mass is 16.5. The third kappa shape index (κ3) is 20.7. The number of carboxylic acids is 1. The molecule has 516 valence electrons. The van der Waals surface area contributed by atoms with Crippen LogP contribution in [0.15, 0.2) is 99.7 Å². The molecule has 5 heterocycles. The molecule has 0 aliphatic carbocycles. The minimum Gasteiger partial charge on any atom is -0.493 e. The summed E-state index contributed by atoms with van der Waals surface area (Å²) in [4.78, 5) is 153. The number of nitrogens with one attached hydrogen (secondary N) is 7. The number of amides is 8. The lowest BCUT2D eigenvalue weighted by molar-refractivity contribution is -0.147. The normalized spacial score (nSPS) is 17.3. The number of aromatic amines is 2. The highest BCUT2D eigenvalue weighted by Gasteiger charge is 2.44. The van der Waals surface area contributed by atoms with Crippen molar-refractivity contribution in [2.75, 3.05) is 52.5 Å². The molecule has 33 heteroatoms. The molecule has 3 fully saturated rings. The summed E-state index contributed by atoms with van der Waals surface area (Å²) in [5, 5.41) is 43.3. The van der Waals surface area contributed by atoms with E-state index in [1.54, 1.807) is 60.7 Å². The Balaban J connectivity index is 0.000000547. The Kier molecular flexibility index (Phi) is 27.5. The zero-order valence-corrected chi connectivity index (χ0v) is 53.4. The number of guanidine groups is 2. The Morgan fingerprint density at radius 2 is 1.20 bits per heavy atom. The van der Waals surface area contributed by atoms with Crippen molar-refractivity contribution in [2.45, 2.75) is 139 Å². The van der Waals surface area contributed by atoms with Crippen LogP contribution in [0.2, 0.25) is 0 Å². The van der Waals surface area contributed by atoms with Gasteiger partial charge < -0.3 is 89.9 Å². The minimum atomic E-state index is -1.59. The predicted molar refractivity (Wildman–Crippen MR) is 351 cm³/mol. The summed E-state index contributed by atoms with van der Waals surface area (Å²) < 4.78 is 5.67. The van der Waals surface area contributed by atoms with Gasteiger partial charge in [-0.15, -0.1) is 10.2 Å². The lowest BCUT2D eigenvalue weighted by Crippen LogP contribution is -2.60. The zero-order chi connectivity index (χ0) is 69.3. The molecule has 0 bridgehead atoms. The lowest BCUT2D eigenvalue weighted by Gasteiger charge is -2.32. The SMILES string of the molecule is CCCOc1ccccc1-c1nc2n[nH]nc2c(=O)[nH]1.NC(N)=NCCC[C@H](NC(=O)[C@H](Cc1ccccc1)NC(=O)[C@@H]1CCCN1C(=O)[C@H](CO)NC(=O)[C@H](Cc1ccccc1)NC(=O)CNC(=O)[C@@H]1CCCN1C(=O)[C@@H]1CCCN1C(=O)[C@@H](N)CCCN=C(N)N)C(=O)O. The number of H-pyrrole nitrogens is 2. The fraction of sp³-hybridized carbons (Fsp3) is 0.476. The number of carboxylic acid groups (broad SMARTS) is 1. The number of aliphatic imine (C=N–C) groups is 2. The summed E-state index contributed by atoms with van der Waals surface area (Å²) in [7, 11) is 0. The molecule has 3 aliphatic rings. The number of carbonyl (C=O) groups excluding carboxylic acids is 8. The van der Waals surface area contributed by atoms with E-state index in [2.05, 4.69) is 61.9 Å². The van der Waals surface area contributed by atoms with Gasteiger partial charge in [-0.1, -0.05) is 79.7 Å². The van der Waals surface area contributed by atoms with Crippen molar-refractivity contribution in [1.29, 1.82) is 0 Å². The number of likely N-dealkylation sites (tertiary alicyclic amines) is 3. The molecule has 3 saturated heterocycles. The van der Waals surface area contributed by atoms with Crippen LogP contribution < -0.4 is 65.5 Å². The summed E-state index contributed by atoms with van der Waals surface area (Å²) in [6, 6.07) is 15.4. The van der Waals surface area contributed by atoms with Crippen molar-refractivity contribution in [3.8, 4) is 17.1 Å². The minimum absolute atomic E-state index is 0.0209. The molecule has 0 radical (unpaired) electrons. The topological polar surface area (TPSA) is 515 Å². The molecule has 8 atom stereocenters. The molecule has 0 saturated carbocycles. The standard InChI is InChI=1S/C50H73N15O11.C13H13N5O2/c51-32(16-7-21-56-49(52)53)45(72)65-25-11-20-39(65)47(74)64-24-9-18-37(64)43(70)58-28-40(67)59-34(26-30-12-3-1-4-13-30)41(68)62-36(29-66)46(73)63-23-10-19-38(63)44(71)61-35(27-31-14-5-2-6-15-31)42(69)60-33(48(75)76)17-8-22-57-50(54)55;1-2-7-20-9-6-4-3-5-8(9)11-14-12-10(13(19)15-11)16-18-17-12/h1-6,12-15,32-39,66H,7-11,16-29,51H2,(H,58,70)(H,59,67)(H,60,69)(H,61,71)(H,62,68)(H,75,76)(H4,52,53,56)(H4,54,55,57);3-6H,2,7H2,1H3,(H2,14,15,16,17,18,19)/t32-,33-,34-,35-,36-,37-,38-,39-;/m0./s1.